The summed E-state index contributed by atoms with van der Waals surface area (Å²) in [5, 5.41) is 6.56. The summed E-state index contributed by atoms with van der Waals surface area (Å²) in [6.07, 6.45) is 7.99. The molecule has 1 saturated carbocycles. The van der Waals surface area contributed by atoms with E-state index >= 15 is 0 Å². The minimum atomic E-state index is 0. The quantitative estimate of drug-likeness (QED) is 0.586. The summed E-state index contributed by atoms with van der Waals surface area (Å²) in [5.41, 5.74) is 0. The first kappa shape index (κ1) is 15.0. The van der Waals surface area contributed by atoms with Gasteiger partial charge in [0.15, 0.2) is 5.96 Å². The summed E-state index contributed by atoms with van der Waals surface area (Å²) >= 11 is 0. The molecule has 17 heavy (non-hydrogen) atoms. The van der Waals surface area contributed by atoms with Crippen molar-refractivity contribution in [1.29, 1.82) is 0 Å². The van der Waals surface area contributed by atoms with E-state index in [0.29, 0.717) is 6.10 Å². The molecule has 0 saturated heterocycles. The Hall–Kier alpha value is -0.0400. The highest BCUT2D eigenvalue weighted by Gasteiger charge is 2.14. The van der Waals surface area contributed by atoms with Gasteiger partial charge in [-0.2, -0.15) is 0 Å². The SMILES string of the molecule is C1CN=C(NCCCOC2CCCC2)NC1.I. The zero-order valence-corrected chi connectivity index (χ0v) is 12.7. The van der Waals surface area contributed by atoms with E-state index in [2.05, 4.69) is 15.6 Å². The van der Waals surface area contributed by atoms with Crippen LogP contribution in [-0.2, 0) is 4.74 Å². The normalized spacial score (nSPS) is 20.4. The van der Waals surface area contributed by atoms with Crippen molar-refractivity contribution < 1.29 is 4.74 Å². The van der Waals surface area contributed by atoms with Gasteiger partial charge in [0.1, 0.15) is 0 Å². The maximum Gasteiger partial charge on any atom is 0.191 e. The van der Waals surface area contributed by atoms with Crippen molar-refractivity contribution in [2.75, 3.05) is 26.2 Å². The second kappa shape index (κ2) is 8.97. The van der Waals surface area contributed by atoms with Crippen LogP contribution < -0.4 is 10.6 Å². The van der Waals surface area contributed by atoms with Gasteiger partial charge in [-0.15, -0.1) is 24.0 Å². The molecule has 0 radical (unpaired) electrons. The van der Waals surface area contributed by atoms with Crippen molar-refractivity contribution in [2.24, 2.45) is 4.99 Å². The highest BCUT2D eigenvalue weighted by molar-refractivity contribution is 14.0. The lowest BCUT2D eigenvalue weighted by molar-refractivity contribution is 0.0574. The molecule has 0 aromatic rings. The number of rotatable bonds is 5. The Bertz CT molecular complexity index is 230. The second-order valence-corrected chi connectivity index (χ2v) is 4.57. The standard InChI is InChI=1S/C12H23N3O.HI/c1-2-6-11(5-1)16-10-4-9-15-12-13-7-3-8-14-12;/h11H,1-10H2,(H2,13,14,15);1H. The molecule has 0 bridgehead atoms. The van der Waals surface area contributed by atoms with Crippen LogP contribution in [0.2, 0.25) is 0 Å². The molecular formula is C12H24IN3O. The lowest BCUT2D eigenvalue weighted by atomic mass is 10.3. The number of halogens is 1. The first-order valence-corrected chi connectivity index (χ1v) is 6.59. The maximum atomic E-state index is 5.79. The zero-order valence-electron chi connectivity index (χ0n) is 10.4. The van der Waals surface area contributed by atoms with Gasteiger partial charge in [-0.3, -0.25) is 4.99 Å². The van der Waals surface area contributed by atoms with E-state index in [1.54, 1.807) is 0 Å². The van der Waals surface area contributed by atoms with E-state index in [1.165, 1.54) is 25.7 Å². The highest BCUT2D eigenvalue weighted by atomic mass is 127. The molecular weight excluding hydrogens is 329 g/mol. The molecule has 2 rings (SSSR count). The Morgan fingerprint density at radius 1 is 1.29 bits per heavy atom. The number of hydrogen-bond acceptors (Lipinski definition) is 4. The fourth-order valence-corrected chi connectivity index (χ4v) is 2.23. The van der Waals surface area contributed by atoms with Crippen molar-refractivity contribution in [3.8, 4) is 0 Å². The number of ether oxygens (including phenoxy) is 1. The largest absolute Gasteiger partial charge is 0.378 e. The number of nitrogens with zero attached hydrogens (tertiary/aromatic N) is 1. The molecule has 4 nitrogen and oxygen atoms in total. The van der Waals surface area contributed by atoms with Crippen molar-refractivity contribution in [3.63, 3.8) is 0 Å². The van der Waals surface area contributed by atoms with Crippen LogP contribution in [-0.4, -0.2) is 38.3 Å². The molecule has 5 heteroatoms. The van der Waals surface area contributed by atoms with Crippen LogP contribution in [0.1, 0.15) is 38.5 Å². The van der Waals surface area contributed by atoms with Crippen LogP contribution in [0.4, 0.5) is 0 Å². The lowest BCUT2D eigenvalue weighted by Crippen LogP contribution is -2.41. The maximum absolute atomic E-state index is 5.79. The van der Waals surface area contributed by atoms with Crippen molar-refractivity contribution in [3.05, 3.63) is 0 Å². The molecule has 0 aromatic heterocycles. The molecule has 2 N–H and O–H groups in total. The van der Waals surface area contributed by atoms with Crippen molar-refractivity contribution in [1.82, 2.24) is 10.6 Å². The first-order chi connectivity index (χ1) is 7.95. The van der Waals surface area contributed by atoms with Gasteiger partial charge in [0.2, 0.25) is 0 Å². The minimum Gasteiger partial charge on any atom is -0.378 e. The molecule has 0 aromatic carbocycles. The Kier molecular flexibility index (Phi) is 7.92. The van der Waals surface area contributed by atoms with Crippen LogP contribution in [0.25, 0.3) is 0 Å². The van der Waals surface area contributed by atoms with Gasteiger partial charge in [-0.25, -0.2) is 0 Å². The fraction of sp³-hybridized carbons (Fsp3) is 0.917. The average molecular weight is 353 g/mol. The van der Waals surface area contributed by atoms with Gasteiger partial charge in [0.05, 0.1) is 6.10 Å². The van der Waals surface area contributed by atoms with Gasteiger partial charge >= 0.3 is 0 Å². The van der Waals surface area contributed by atoms with E-state index in [4.69, 9.17) is 4.74 Å². The topological polar surface area (TPSA) is 45.7 Å². The molecule has 0 unspecified atom stereocenters. The Morgan fingerprint density at radius 3 is 2.82 bits per heavy atom. The third kappa shape index (κ3) is 5.90. The Balaban J connectivity index is 0.00000144. The average Bonchev–Trinajstić information content (AvgIpc) is 2.83. The van der Waals surface area contributed by atoms with Crippen LogP contribution in [0.15, 0.2) is 4.99 Å². The van der Waals surface area contributed by atoms with Gasteiger partial charge < -0.3 is 15.4 Å². The number of guanidine groups is 1. The summed E-state index contributed by atoms with van der Waals surface area (Å²) < 4.78 is 5.79. The molecule has 1 fully saturated rings. The van der Waals surface area contributed by atoms with Crippen LogP contribution in [0.3, 0.4) is 0 Å². The molecule has 1 aliphatic heterocycles. The predicted molar refractivity (Wildman–Crippen MR) is 81.2 cm³/mol. The zero-order chi connectivity index (χ0) is 11.1. The summed E-state index contributed by atoms with van der Waals surface area (Å²) in [5.74, 6) is 0.965. The van der Waals surface area contributed by atoms with E-state index in [0.717, 1.165) is 45.0 Å². The van der Waals surface area contributed by atoms with E-state index < -0.39 is 0 Å². The van der Waals surface area contributed by atoms with Crippen LogP contribution in [0.5, 0.6) is 0 Å². The Labute approximate surface area is 121 Å². The highest BCUT2D eigenvalue weighted by Crippen LogP contribution is 2.20. The predicted octanol–water partition coefficient (Wildman–Crippen LogP) is 1.89. The van der Waals surface area contributed by atoms with E-state index in [-0.39, 0.29) is 24.0 Å². The monoisotopic (exact) mass is 353 g/mol. The molecule has 1 aliphatic carbocycles. The summed E-state index contributed by atoms with van der Waals surface area (Å²) in [4.78, 5) is 4.36. The summed E-state index contributed by atoms with van der Waals surface area (Å²) in [6, 6.07) is 0. The number of nitrogens with one attached hydrogen (secondary N) is 2. The minimum absolute atomic E-state index is 0. The number of aliphatic imine (C=N–C) groups is 1. The molecule has 0 amide bonds. The molecule has 0 spiro atoms. The van der Waals surface area contributed by atoms with Gasteiger partial charge in [0.25, 0.3) is 0 Å². The third-order valence-electron chi connectivity index (χ3n) is 3.17. The first-order valence-electron chi connectivity index (χ1n) is 6.59. The van der Waals surface area contributed by atoms with Crippen LogP contribution in [0, 0.1) is 0 Å². The van der Waals surface area contributed by atoms with Gasteiger partial charge in [0, 0.05) is 26.2 Å². The molecule has 2 aliphatic rings. The smallest absolute Gasteiger partial charge is 0.191 e. The van der Waals surface area contributed by atoms with E-state index in [9.17, 15) is 0 Å². The molecule has 0 atom stereocenters. The summed E-state index contributed by atoms with van der Waals surface area (Å²) in [7, 11) is 0. The van der Waals surface area contributed by atoms with Crippen molar-refractivity contribution in [2.45, 2.75) is 44.6 Å². The fourth-order valence-electron chi connectivity index (χ4n) is 2.23. The molecule has 1 heterocycles. The van der Waals surface area contributed by atoms with Crippen LogP contribution >= 0.6 is 24.0 Å². The van der Waals surface area contributed by atoms with Gasteiger partial charge in [-0.05, 0) is 25.7 Å². The second-order valence-electron chi connectivity index (χ2n) is 4.57. The number of hydrogen-bond donors (Lipinski definition) is 2. The molecule has 100 valence electrons. The van der Waals surface area contributed by atoms with E-state index in [1.807, 2.05) is 0 Å². The third-order valence-corrected chi connectivity index (χ3v) is 3.17. The Morgan fingerprint density at radius 2 is 2.12 bits per heavy atom. The lowest BCUT2D eigenvalue weighted by Gasteiger charge is -2.16. The summed E-state index contributed by atoms with van der Waals surface area (Å²) in [6.45, 7) is 3.84. The van der Waals surface area contributed by atoms with Crippen molar-refractivity contribution >= 4 is 29.9 Å². The van der Waals surface area contributed by atoms with Gasteiger partial charge in [-0.1, -0.05) is 12.8 Å².